The second kappa shape index (κ2) is 6.39. The normalized spacial score (nSPS) is 18.8. The number of amides is 1. The standard InChI is InChI=1S/C15H18BrNO3/c1-10-12(6-3-7-13(10)16)14(18)17-8-4-5-11(9-17)15(19)20-2/h3,6-7,11H,4-5,8-9H2,1-2H3. The van der Waals surface area contributed by atoms with Crippen LogP contribution in [0.5, 0.6) is 0 Å². The molecule has 0 bridgehead atoms. The van der Waals surface area contributed by atoms with Gasteiger partial charge in [-0.2, -0.15) is 0 Å². The Kier molecular flexibility index (Phi) is 4.81. The van der Waals surface area contributed by atoms with Crippen LogP contribution in [-0.4, -0.2) is 37.0 Å². The number of esters is 1. The Morgan fingerprint density at radius 2 is 2.15 bits per heavy atom. The Morgan fingerprint density at radius 3 is 2.85 bits per heavy atom. The predicted molar refractivity (Wildman–Crippen MR) is 79.5 cm³/mol. The molecule has 5 heteroatoms. The van der Waals surface area contributed by atoms with E-state index in [4.69, 9.17) is 4.74 Å². The topological polar surface area (TPSA) is 46.6 Å². The van der Waals surface area contributed by atoms with Gasteiger partial charge in [0, 0.05) is 23.1 Å². The van der Waals surface area contributed by atoms with Crippen molar-refractivity contribution in [3.8, 4) is 0 Å². The Morgan fingerprint density at radius 1 is 1.40 bits per heavy atom. The molecule has 1 fully saturated rings. The van der Waals surface area contributed by atoms with Crippen molar-refractivity contribution in [1.82, 2.24) is 4.90 Å². The summed E-state index contributed by atoms with van der Waals surface area (Å²) in [5.41, 5.74) is 1.61. The molecule has 108 valence electrons. The highest BCUT2D eigenvalue weighted by molar-refractivity contribution is 9.10. The zero-order chi connectivity index (χ0) is 14.7. The molecule has 0 aromatic heterocycles. The number of hydrogen-bond donors (Lipinski definition) is 0. The smallest absolute Gasteiger partial charge is 0.310 e. The monoisotopic (exact) mass is 339 g/mol. The van der Waals surface area contributed by atoms with Gasteiger partial charge in [-0.15, -0.1) is 0 Å². The number of carbonyl (C=O) groups is 2. The number of rotatable bonds is 2. The van der Waals surface area contributed by atoms with Crippen molar-refractivity contribution in [3.63, 3.8) is 0 Å². The number of benzene rings is 1. The van der Waals surface area contributed by atoms with Crippen LogP contribution in [0.25, 0.3) is 0 Å². The molecule has 1 aliphatic rings. The van der Waals surface area contributed by atoms with Crippen LogP contribution in [0, 0.1) is 12.8 Å². The van der Waals surface area contributed by atoms with Crippen LogP contribution in [0.1, 0.15) is 28.8 Å². The molecule has 1 aromatic carbocycles. The number of likely N-dealkylation sites (tertiary alicyclic amines) is 1. The molecule has 2 rings (SSSR count). The summed E-state index contributed by atoms with van der Waals surface area (Å²) < 4.78 is 5.70. The molecule has 1 amide bonds. The third kappa shape index (κ3) is 3.03. The summed E-state index contributed by atoms with van der Waals surface area (Å²) in [5, 5.41) is 0. The summed E-state index contributed by atoms with van der Waals surface area (Å²) >= 11 is 3.44. The Labute approximate surface area is 127 Å². The van der Waals surface area contributed by atoms with Crippen molar-refractivity contribution < 1.29 is 14.3 Å². The van der Waals surface area contributed by atoms with Gasteiger partial charge in [-0.05, 0) is 37.5 Å². The van der Waals surface area contributed by atoms with Crippen molar-refractivity contribution >= 4 is 27.8 Å². The van der Waals surface area contributed by atoms with E-state index < -0.39 is 0 Å². The average Bonchev–Trinajstić information content (AvgIpc) is 2.48. The molecule has 1 aliphatic heterocycles. The van der Waals surface area contributed by atoms with E-state index in [1.54, 1.807) is 4.90 Å². The van der Waals surface area contributed by atoms with Gasteiger partial charge in [0.05, 0.1) is 13.0 Å². The van der Waals surface area contributed by atoms with Crippen molar-refractivity contribution in [2.45, 2.75) is 19.8 Å². The highest BCUT2D eigenvalue weighted by Gasteiger charge is 2.30. The zero-order valence-corrected chi connectivity index (χ0v) is 13.3. The third-order valence-electron chi connectivity index (χ3n) is 3.74. The second-order valence-corrected chi connectivity index (χ2v) is 5.88. The molecule has 0 radical (unpaired) electrons. The maximum absolute atomic E-state index is 12.6. The van der Waals surface area contributed by atoms with E-state index in [1.165, 1.54) is 7.11 Å². The predicted octanol–water partition coefficient (Wildman–Crippen LogP) is 2.78. The average molecular weight is 340 g/mol. The van der Waals surface area contributed by atoms with E-state index in [0.717, 1.165) is 22.9 Å². The number of halogens is 1. The number of ether oxygens (including phenoxy) is 1. The van der Waals surface area contributed by atoms with Gasteiger partial charge < -0.3 is 9.64 Å². The van der Waals surface area contributed by atoms with Crippen LogP contribution in [0.15, 0.2) is 22.7 Å². The molecular weight excluding hydrogens is 322 g/mol. The van der Waals surface area contributed by atoms with Gasteiger partial charge in [0.15, 0.2) is 0 Å². The van der Waals surface area contributed by atoms with Crippen molar-refractivity contribution in [2.75, 3.05) is 20.2 Å². The summed E-state index contributed by atoms with van der Waals surface area (Å²) in [5.74, 6) is -0.448. The van der Waals surface area contributed by atoms with Crippen molar-refractivity contribution in [2.24, 2.45) is 5.92 Å². The minimum absolute atomic E-state index is 0.0163. The van der Waals surface area contributed by atoms with Crippen LogP contribution in [0.3, 0.4) is 0 Å². The first-order valence-electron chi connectivity index (χ1n) is 6.66. The highest BCUT2D eigenvalue weighted by Crippen LogP contribution is 2.24. The van der Waals surface area contributed by atoms with E-state index in [1.807, 2.05) is 25.1 Å². The van der Waals surface area contributed by atoms with Crippen LogP contribution < -0.4 is 0 Å². The summed E-state index contributed by atoms with van der Waals surface area (Å²) in [6.45, 7) is 3.05. The lowest BCUT2D eigenvalue weighted by atomic mass is 9.97. The summed E-state index contributed by atoms with van der Waals surface area (Å²) in [4.78, 5) is 26.0. The molecule has 1 atom stereocenters. The van der Waals surface area contributed by atoms with E-state index >= 15 is 0 Å². The van der Waals surface area contributed by atoms with Gasteiger partial charge in [0.2, 0.25) is 0 Å². The number of hydrogen-bond acceptors (Lipinski definition) is 3. The Bertz CT molecular complexity index is 530. The van der Waals surface area contributed by atoms with Crippen LogP contribution in [0.4, 0.5) is 0 Å². The van der Waals surface area contributed by atoms with Gasteiger partial charge in [-0.3, -0.25) is 9.59 Å². The maximum atomic E-state index is 12.6. The lowest BCUT2D eigenvalue weighted by molar-refractivity contribution is -0.146. The second-order valence-electron chi connectivity index (χ2n) is 5.03. The molecule has 0 spiro atoms. The number of carbonyl (C=O) groups excluding carboxylic acids is 2. The molecule has 0 N–H and O–H groups in total. The summed E-state index contributed by atoms with van der Waals surface area (Å²) in [6.07, 6.45) is 1.62. The van der Waals surface area contributed by atoms with E-state index in [-0.39, 0.29) is 17.8 Å². The van der Waals surface area contributed by atoms with E-state index in [2.05, 4.69) is 15.9 Å². The van der Waals surface area contributed by atoms with E-state index in [0.29, 0.717) is 18.7 Å². The van der Waals surface area contributed by atoms with Crippen molar-refractivity contribution in [3.05, 3.63) is 33.8 Å². The largest absolute Gasteiger partial charge is 0.469 e. The van der Waals surface area contributed by atoms with Crippen LogP contribution in [0.2, 0.25) is 0 Å². The molecule has 1 aromatic rings. The molecule has 4 nitrogen and oxygen atoms in total. The number of methoxy groups -OCH3 is 1. The summed E-state index contributed by atoms with van der Waals surface area (Å²) in [6, 6.07) is 5.59. The molecule has 0 saturated carbocycles. The first-order chi connectivity index (χ1) is 9.54. The molecule has 1 unspecified atom stereocenters. The molecule has 1 heterocycles. The fourth-order valence-corrected chi connectivity index (χ4v) is 2.90. The summed E-state index contributed by atoms with van der Waals surface area (Å²) in [7, 11) is 1.39. The van der Waals surface area contributed by atoms with Crippen molar-refractivity contribution in [1.29, 1.82) is 0 Å². The zero-order valence-electron chi connectivity index (χ0n) is 11.7. The third-order valence-corrected chi connectivity index (χ3v) is 4.60. The molecule has 0 aliphatic carbocycles. The van der Waals surface area contributed by atoms with Gasteiger partial charge in [0.25, 0.3) is 5.91 Å². The quantitative estimate of drug-likeness (QED) is 0.778. The first kappa shape index (κ1) is 15.0. The Hall–Kier alpha value is -1.36. The fourth-order valence-electron chi connectivity index (χ4n) is 2.53. The van der Waals surface area contributed by atoms with Gasteiger partial charge in [-0.25, -0.2) is 0 Å². The van der Waals surface area contributed by atoms with Crippen LogP contribution >= 0.6 is 15.9 Å². The maximum Gasteiger partial charge on any atom is 0.310 e. The Balaban J connectivity index is 2.16. The fraction of sp³-hybridized carbons (Fsp3) is 0.467. The lowest BCUT2D eigenvalue weighted by Crippen LogP contribution is -2.42. The van der Waals surface area contributed by atoms with Gasteiger partial charge >= 0.3 is 5.97 Å². The van der Waals surface area contributed by atoms with Crippen LogP contribution in [-0.2, 0) is 9.53 Å². The number of piperidine rings is 1. The molecular formula is C15H18BrNO3. The minimum atomic E-state index is -0.228. The molecule has 1 saturated heterocycles. The lowest BCUT2D eigenvalue weighted by Gasteiger charge is -2.31. The SMILES string of the molecule is COC(=O)C1CCCN(C(=O)c2cccc(Br)c2C)C1. The number of nitrogens with zero attached hydrogens (tertiary/aromatic N) is 1. The van der Waals surface area contributed by atoms with E-state index in [9.17, 15) is 9.59 Å². The highest BCUT2D eigenvalue weighted by atomic mass is 79.9. The van der Waals surface area contributed by atoms with Gasteiger partial charge in [0.1, 0.15) is 0 Å². The van der Waals surface area contributed by atoms with Gasteiger partial charge in [-0.1, -0.05) is 22.0 Å². The molecule has 20 heavy (non-hydrogen) atoms. The minimum Gasteiger partial charge on any atom is -0.469 e. The first-order valence-corrected chi connectivity index (χ1v) is 7.46.